The molecule has 3 aliphatic rings. The van der Waals surface area contributed by atoms with Crippen LogP contribution in [-0.2, 0) is 23.7 Å². The van der Waals surface area contributed by atoms with Crippen molar-refractivity contribution in [3.63, 3.8) is 0 Å². The molecule has 8 nitrogen and oxygen atoms in total. The van der Waals surface area contributed by atoms with Gasteiger partial charge in [0.1, 0.15) is 5.75 Å². The zero-order valence-electron chi connectivity index (χ0n) is 34.2. The zero-order valence-corrected chi connectivity index (χ0v) is 35.0. The highest BCUT2D eigenvalue weighted by atomic mass is 35.5. The van der Waals surface area contributed by atoms with Crippen molar-refractivity contribution in [3.05, 3.63) is 76.9 Å². The predicted molar refractivity (Wildman–Crippen MR) is 220 cm³/mol. The summed E-state index contributed by atoms with van der Waals surface area (Å²) in [6.45, 7) is 7.32. The average Bonchev–Trinajstić information content (AvgIpc) is 3.19. The van der Waals surface area contributed by atoms with Crippen molar-refractivity contribution >= 4 is 12.4 Å². The lowest BCUT2D eigenvalue weighted by molar-refractivity contribution is 0.00274. The Labute approximate surface area is 331 Å². The van der Waals surface area contributed by atoms with Crippen molar-refractivity contribution in [2.45, 2.75) is 88.5 Å². The minimum absolute atomic E-state index is 0. The summed E-state index contributed by atoms with van der Waals surface area (Å²) in [6.07, 6.45) is 10.8. The van der Waals surface area contributed by atoms with Crippen LogP contribution in [0, 0.1) is 23.2 Å². The van der Waals surface area contributed by atoms with E-state index in [1.807, 2.05) is 30.3 Å². The van der Waals surface area contributed by atoms with Crippen LogP contribution in [0.5, 0.6) is 28.7 Å². The van der Waals surface area contributed by atoms with Crippen LogP contribution in [0.15, 0.2) is 54.6 Å². The zero-order chi connectivity index (χ0) is 38.2. The molecule has 0 amide bonds. The lowest BCUT2D eigenvalue weighted by atomic mass is 9.52. The summed E-state index contributed by atoms with van der Waals surface area (Å²) in [6, 6.07) is 22.1. The summed E-state index contributed by atoms with van der Waals surface area (Å²) in [7, 11) is 12.8. The Bertz CT molecular complexity index is 1710. The maximum Gasteiger partial charge on any atom is 0.161 e. The monoisotopic (exact) mass is 761 g/mol. The van der Waals surface area contributed by atoms with E-state index in [4.69, 9.17) is 23.7 Å². The molecule has 4 atom stereocenters. The van der Waals surface area contributed by atoms with Gasteiger partial charge in [-0.05, 0) is 143 Å². The summed E-state index contributed by atoms with van der Waals surface area (Å²) in [5.41, 5.74) is 5.27. The van der Waals surface area contributed by atoms with Gasteiger partial charge in [0.25, 0.3) is 0 Å². The molecule has 3 aromatic carbocycles. The number of halogens is 1. The van der Waals surface area contributed by atoms with Crippen LogP contribution in [0.2, 0.25) is 0 Å². The molecule has 1 unspecified atom stereocenters. The largest absolute Gasteiger partial charge is 0.497 e. The highest BCUT2D eigenvalue weighted by molar-refractivity contribution is 5.85. The van der Waals surface area contributed by atoms with E-state index in [1.165, 1.54) is 50.6 Å². The van der Waals surface area contributed by atoms with E-state index in [9.17, 15) is 5.26 Å². The Morgan fingerprint density at radius 1 is 0.852 bits per heavy atom. The SMILES string of the molecule is COc1ccc(CCN(C)CCCC(C#N)(c2ccc(OC)c(OC)c2)C(C)C)cc1OC.COc1ccc2c(c1)[C@]13CCCC[C@@H]1[C@H](C2)N(C)CC3.Cl. The van der Waals surface area contributed by atoms with Gasteiger partial charge in [-0.25, -0.2) is 0 Å². The molecular formula is C45H64ClN3O5. The molecule has 3 aromatic rings. The number of likely N-dealkylation sites (N-methyl/N-ethyl adjacent to an activating group) is 2. The van der Waals surface area contributed by atoms with Crippen molar-refractivity contribution in [3.8, 4) is 34.8 Å². The first-order valence-corrected chi connectivity index (χ1v) is 19.5. The minimum Gasteiger partial charge on any atom is -0.497 e. The first-order chi connectivity index (χ1) is 25.6. The smallest absolute Gasteiger partial charge is 0.161 e. The summed E-state index contributed by atoms with van der Waals surface area (Å²) < 4.78 is 27.1. The fraction of sp³-hybridized carbons (Fsp3) is 0.578. The Kier molecular flexibility index (Phi) is 15.4. The molecule has 1 heterocycles. The second kappa shape index (κ2) is 19.3. The Hall–Kier alpha value is -3.64. The molecule has 6 rings (SSSR count). The van der Waals surface area contributed by atoms with Crippen molar-refractivity contribution in [1.29, 1.82) is 5.26 Å². The quantitative estimate of drug-likeness (QED) is 0.161. The number of fused-ring (bicyclic) bond motifs is 1. The van der Waals surface area contributed by atoms with Crippen LogP contribution in [0.1, 0.15) is 81.0 Å². The van der Waals surface area contributed by atoms with Crippen LogP contribution in [0.3, 0.4) is 0 Å². The highest BCUT2D eigenvalue weighted by Crippen LogP contribution is 2.56. The second-order valence-electron chi connectivity index (χ2n) is 15.7. The third-order valence-corrected chi connectivity index (χ3v) is 12.7. The van der Waals surface area contributed by atoms with Crippen LogP contribution in [-0.4, -0.2) is 85.1 Å². The number of likely N-dealkylation sites (tertiary alicyclic amines) is 1. The predicted octanol–water partition coefficient (Wildman–Crippen LogP) is 8.90. The number of rotatable bonds is 14. The number of nitriles is 1. The lowest BCUT2D eigenvalue weighted by Gasteiger charge is -2.58. The van der Waals surface area contributed by atoms with E-state index < -0.39 is 5.41 Å². The lowest BCUT2D eigenvalue weighted by Crippen LogP contribution is -2.59. The number of hydrogen-bond acceptors (Lipinski definition) is 8. The first-order valence-electron chi connectivity index (χ1n) is 19.5. The second-order valence-corrected chi connectivity index (χ2v) is 15.7. The fourth-order valence-electron chi connectivity index (χ4n) is 9.53. The van der Waals surface area contributed by atoms with Crippen LogP contribution in [0.4, 0.5) is 0 Å². The Balaban J connectivity index is 0.000000262. The number of methoxy groups -OCH3 is 5. The van der Waals surface area contributed by atoms with Gasteiger partial charge in [-0.1, -0.05) is 44.9 Å². The molecule has 296 valence electrons. The standard InChI is InChI=1S/C27H38N2O4.C18H25NO.ClH/c1-20(2)27(19-28,22-10-12-24(31-5)26(18-22)33-7)14-8-15-29(3)16-13-21-9-11-23(30-4)25(17-21)32-6;1-19-10-9-18-8-4-3-5-15(18)17(19)11-13-6-7-14(20-2)12-16(13)18;/h9-12,17-18,20H,8,13-16H2,1-7H3;6-7,12,15,17H,3-5,8-11H2,1-2H3;1H/t;15-,17+,18+;/m.1./s1. The maximum atomic E-state index is 10.2. The molecule has 9 heteroatoms. The van der Waals surface area contributed by atoms with E-state index >= 15 is 0 Å². The van der Waals surface area contributed by atoms with Crippen LogP contribution in [0.25, 0.3) is 0 Å². The number of nitrogens with zero attached hydrogens (tertiary/aromatic N) is 3. The van der Waals surface area contributed by atoms with Gasteiger partial charge in [-0.15, -0.1) is 12.4 Å². The topological polar surface area (TPSA) is 76.4 Å². The van der Waals surface area contributed by atoms with E-state index in [0.29, 0.717) is 16.9 Å². The van der Waals surface area contributed by atoms with Crippen LogP contribution < -0.4 is 23.7 Å². The number of hydrogen-bond donors (Lipinski definition) is 0. The van der Waals surface area contributed by atoms with Gasteiger partial charge in [0.15, 0.2) is 23.0 Å². The van der Waals surface area contributed by atoms with Gasteiger partial charge in [0.05, 0.1) is 47.0 Å². The van der Waals surface area contributed by atoms with Crippen molar-refractivity contribution < 1.29 is 23.7 Å². The molecule has 1 saturated heterocycles. The van der Waals surface area contributed by atoms with E-state index in [2.05, 4.69) is 68.1 Å². The molecule has 0 aromatic heterocycles. The molecule has 0 radical (unpaired) electrons. The summed E-state index contributed by atoms with van der Waals surface area (Å²) in [5, 5.41) is 10.2. The fourth-order valence-corrected chi connectivity index (χ4v) is 9.53. The van der Waals surface area contributed by atoms with E-state index in [0.717, 1.165) is 67.1 Å². The average molecular weight is 762 g/mol. The molecule has 2 fully saturated rings. The maximum absolute atomic E-state index is 10.2. The molecule has 54 heavy (non-hydrogen) atoms. The van der Waals surface area contributed by atoms with Gasteiger partial charge < -0.3 is 33.5 Å². The van der Waals surface area contributed by atoms with Gasteiger partial charge in [-0.3, -0.25) is 0 Å². The van der Waals surface area contributed by atoms with Gasteiger partial charge in [0.2, 0.25) is 0 Å². The highest BCUT2D eigenvalue weighted by Gasteiger charge is 2.53. The summed E-state index contributed by atoms with van der Waals surface area (Å²) >= 11 is 0. The minimum atomic E-state index is -0.580. The molecule has 2 aliphatic carbocycles. The molecular weight excluding hydrogens is 698 g/mol. The van der Waals surface area contributed by atoms with Gasteiger partial charge in [-0.2, -0.15) is 5.26 Å². The molecule has 0 spiro atoms. The summed E-state index contributed by atoms with van der Waals surface area (Å²) in [4.78, 5) is 4.94. The molecule has 1 aliphatic heterocycles. The van der Waals surface area contributed by atoms with Crippen LogP contribution >= 0.6 is 12.4 Å². The normalized spacial score (nSPS) is 21.2. The van der Waals surface area contributed by atoms with E-state index in [1.54, 1.807) is 46.7 Å². The van der Waals surface area contributed by atoms with Crippen molar-refractivity contribution in [1.82, 2.24) is 9.80 Å². The van der Waals surface area contributed by atoms with Crippen molar-refractivity contribution in [2.24, 2.45) is 11.8 Å². The Morgan fingerprint density at radius 3 is 2.19 bits per heavy atom. The Morgan fingerprint density at radius 2 is 1.54 bits per heavy atom. The third-order valence-electron chi connectivity index (χ3n) is 12.7. The molecule has 1 saturated carbocycles. The number of piperidine rings is 1. The molecule has 2 bridgehead atoms. The first kappa shape index (κ1) is 43.1. The number of benzene rings is 3. The van der Waals surface area contributed by atoms with Gasteiger partial charge >= 0.3 is 0 Å². The van der Waals surface area contributed by atoms with E-state index in [-0.39, 0.29) is 18.3 Å². The third kappa shape index (κ3) is 8.91. The number of ether oxygens (including phenoxy) is 5. The van der Waals surface area contributed by atoms with Gasteiger partial charge in [0, 0.05) is 18.0 Å². The summed E-state index contributed by atoms with van der Waals surface area (Å²) in [5.74, 6) is 4.90. The molecule has 0 N–H and O–H groups in total. The van der Waals surface area contributed by atoms with Crippen molar-refractivity contribution in [2.75, 3.05) is 69.3 Å².